The highest BCUT2D eigenvalue weighted by atomic mass is 16.5. The molecule has 1 aromatic rings. The van der Waals surface area contributed by atoms with Gasteiger partial charge >= 0.3 is 5.97 Å². The molecule has 4 nitrogen and oxygen atoms in total. The summed E-state index contributed by atoms with van der Waals surface area (Å²) in [4.78, 5) is 11.8. The first-order chi connectivity index (χ1) is 11.7. The molecule has 1 aliphatic heterocycles. The largest absolute Gasteiger partial charge is 0.490 e. The summed E-state index contributed by atoms with van der Waals surface area (Å²) in [6.45, 7) is 6.45. The second-order valence-electron chi connectivity index (χ2n) is 6.74. The molecule has 1 saturated heterocycles. The van der Waals surface area contributed by atoms with Crippen LogP contribution in [-0.4, -0.2) is 25.2 Å². The second kappa shape index (κ2) is 10.3. The van der Waals surface area contributed by atoms with Gasteiger partial charge < -0.3 is 14.8 Å². The molecule has 1 N–H and O–H groups in total. The molecular weight excluding hydrogens is 302 g/mol. The van der Waals surface area contributed by atoms with Crippen molar-refractivity contribution in [3.63, 3.8) is 0 Å². The Kier molecular flexibility index (Phi) is 8.10. The van der Waals surface area contributed by atoms with Crippen molar-refractivity contribution >= 4 is 5.97 Å². The molecule has 0 spiro atoms. The summed E-state index contributed by atoms with van der Waals surface area (Å²) in [5.41, 5.74) is 0. The van der Waals surface area contributed by atoms with Gasteiger partial charge in [0.05, 0.1) is 0 Å². The monoisotopic (exact) mass is 333 g/mol. The molecule has 0 aliphatic carbocycles. The molecular formula is C20H31NO3. The summed E-state index contributed by atoms with van der Waals surface area (Å²) in [5.74, 6) is 1.78. The summed E-state index contributed by atoms with van der Waals surface area (Å²) in [6.07, 6.45) is 7.29. The van der Waals surface area contributed by atoms with Gasteiger partial charge in [-0.3, -0.25) is 4.79 Å². The van der Waals surface area contributed by atoms with Gasteiger partial charge in [0, 0.05) is 18.9 Å². The Balaban J connectivity index is 1.78. The van der Waals surface area contributed by atoms with Crippen molar-refractivity contribution in [1.82, 2.24) is 5.32 Å². The van der Waals surface area contributed by atoms with Gasteiger partial charge in [-0.05, 0) is 50.1 Å². The molecule has 1 aliphatic rings. The third kappa shape index (κ3) is 6.52. The van der Waals surface area contributed by atoms with Crippen LogP contribution < -0.4 is 14.8 Å². The van der Waals surface area contributed by atoms with Gasteiger partial charge in [-0.25, -0.2) is 0 Å². The maximum atomic E-state index is 11.8. The smallest absolute Gasteiger partial charge is 0.311 e. The molecule has 1 fully saturated rings. The van der Waals surface area contributed by atoms with Gasteiger partial charge in [0.2, 0.25) is 0 Å². The number of carbonyl (C=O) groups excluding carboxylic acids is 1. The van der Waals surface area contributed by atoms with Crippen LogP contribution in [0.15, 0.2) is 24.3 Å². The van der Waals surface area contributed by atoms with Crippen molar-refractivity contribution < 1.29 is 14.3 Å². The normalized spacial score (nSPS) is 21.1. The molecule has 1 heterocycles. The lowest BCUT2D eigenvalue weighted by molar-refractivity contribution is -0.134. The van der Waals surface area contributed by atoms with Crippen LogP contribution in [0.5, 0.6) is 11.5 Å². The fraction of sp³-hybridized carbons (Fsp3) is 0.650. The minimum Gasteiger partial charge on any atom is -0.490 e. The van der Waals surface area contributed by atoms with Crippen LogP contribution in [-0.2, 0) is 4.79 Å². The van der Waals surface area contributed by atoms with E-state index in [4.69, 9.17) is 9.47 Å². The third-order valence-corrected chi connectivity index (χ3v) is 4.52. The number of ether oxygens (including phenoxy) is 2. The van der Waals surface area contributed by atoms with Gasteiger partial charge in [0.1, 0.15) is 17.6 Å². The van der Waals surface area contributed by atoms with Gasteiger partial charge in [-0.15, -0.1) is 0 Å². The Morgan fingerprint density at radius 2 is 1.92 bits per heavy atom. The van der Waals surface area contributed by atoms with E-state index in [0.29, 0.717) is 18.1 Å². The maximum absolute atomic E-state index is 11.8. The Morgan fingerprint density at radius 1 is 1.17 bits per heavy atom. The number of benzene rings is 1. The Bertz CT molecular complexity index is 486. The van der Waals surface area contributed by atoms with Crippen molar-refractivity contribution in [2.75, 3.05) is 13.1 Å². The zero-order chi connectivity index (χ0) is 17.2. The van der Waals surface area contributed by atoms with Crippen LogP contribution >= 0.6 is 0 Å². The van der Waals surface area contributed by atoms with E-state index in [2.05, 4.69) is 19.2 Å². The minimum absolute atomic E-state index is 0.150. The summed E-state index contributed by atoms with van der Waals surface area (Å²) >= 11 is 0. The average molecular weight is 333 g/mol. The summed E-state index contributed by atoms with van der Waals surface area (Å²) in [5, 5.41) is 3.43. The molecule has 0 bridgehead atoms. The van der Waals surface area contributed by atoms with Gasteiger partial charge in [-0.2, -0.15) is 0 Å². The molecule has 2 atom stereocenters. The zero-order valence-electron chi connectivity index (χ0n) is 15.1. The summed E-state index contributed by atoms with van der Waals surface area (Å²) < 4.78 is 11.5. The van der Waals surface area contributed by atoms with E-state index in [1.807, 2.05) is 24.3 Å². The van der Waals surface area contributed by atoms with Gasteiger partial charge in [-0.1, -0.05) is 33.1 Å². The van der Waals surface area contributed by atoms with Crippen LogP contribution in [0.25, 0.3) is 0 Å². The van der Waals surface area contributed by atoms with Crippen molar-refractivity contribution in [2.45, 2.75) is 64.9 Å². The van der Waals surface area contributed by atoms with E-state index < -0.39 is 0 Å². The first-order valence-electron chi connectivity index (χ1n) is 9.37. The molecule has 0 radical (unpaired) electrons. The van der Waals surface area contributed by atoms with Crippen molar-refractivity contribution in [3.05, 3.63) is 24.3 Å². The van der Waals surface area contributed by atoms with Crippen molar-refractivity contribution in [2.24, 2.45) is 5.92 Å². The number of carbonyl (C=O) groups is 1. The number of nitrogens with one attached hydrogen (secondary N) is 1. The number of unbranched alkanes of at least 4 members (excludes halogenated alkanes) is 3. The number of esters is 1. The highest BCUT2D eigenvalue weighted by molar-refractivity contribution is 5.72. The lowest BCUT2D eigenvalue weighted by Crippen LogP contribution is -2.29. The van der Waals surface area contributed by atoms with E-state index >= 15 is 0 Å². The van der Waals surface area contributed by atoms with Crippen LogP contribution in [0.4, 0.5) is 0 Å². The quantitative estimate of drug-likeness (QED) is 0.437. The average Bonchev–Trinajstić information content (AvgIpc) is 2.78. The Labute approximate surface area is 145 Å². The van der Waals surface area contributed by atoms with Crippen LogP contribution in [0, 0.1) is 5.92 Å². The summed E-state index contributed by atoms with van der Waals surface area (Å²) in [6, 6.07) is 7.42. The van der Waals surface area contributed by atoms with E-state index in [1.54, 1.807) is 0 Å². The van der Waals surface area contributed by atoms with Gasteiger partial charge in [0.15, 0.2) is 0 Å². The maximum Gasteiger partial charge on any atom is 0.311 e. The second-order valence-corrected chi connectivity index (χ2v) is 6.74. The van der Waals surface area contributed by atoms with Crippen LogP contribution in [0.1, 0.15) is 58.8 Å². The van der Waals surface area contributed by atoms with Crippen LogP contribution in [0.2, 0.25) is 0 Å². The van der Waals surface area contributed by atoms with Crippen molar-refractivity contribution in [3.8, 4) is 11.5 Å². The first kappa shape index (κ1) is 18.8. The molecule has 0 aromatic heterocycles. The lowest BCUT2D eigenvalue weighted by atomic mass is 10.0. The number of rotatable bonds is 8. The SMILES string of the molecule is CCCCCCC(=O)Oc1ccc(OC2CCCNCC2C)cc1. The standard InChI is InChI=1S/C20H31NO3/c1-3-4-5-6-9-20(22)24-18-12-10-17(11-13-18)23-19-8-7-14-21-15-16(19)2/h10-13,16,19,21H,3-9,14-15H2,1-2H3. The predicted octanol–water partition coefficient (Wildman–Crippen LogP) is 4.33. The van der Waals surface area contributed by atoms with Crippen LogP contribution in [0.3, 0.4) is 0 Å². The minimum atomic E-state index is -0.150. The highest BCUT2D eigenvalue weighted by Gasteiger charge is 2.21. The topological polar surface area (TPSA) is 47.6 Å². The lowest BCUT2D eigenvalue weighted by Gasteiger charge is -2.22. The molecule has 2 unspecified atom stereocenters. The fourth-order valence-electron chi connectivity index (χ4n) is 2.99. The van der Waals surface area contributed by atoms with E-state index in [-0.39, 0.29) is 12.1 Å². The highest BCUT2D eigenvalue weighted by Crippen LogP contribution is 2.23. The third-order valence-electron chi connectivity index (χ3n) is 4.52. The van der Waals surface area contributed by atoms with E-state index in [9.17, 15) is 4.79 Å². The summed E-state index contributed by atoms with van der Waals surface area (Å²) in [7, 11) is 0. The molecule has 134 valence electrons. The molecule has 2 rings (SSSR count). The molecule has 0 saturated carbocycles. The number of hydrogen-bond donors (Lipinski definition) is 1. The van der Waals surface area contributed by atoms with E-state index in [0.717, 1.165) is 44.5 Å². The Morgan fingerprint density at radius 3 is 2.67 bits per heavy atom. The predicted molar refractivity (Wildman–Crippen MR) is 96.5 cm³/mol. The first-order valence-corrected chi connectivity index (χ1v) is 9.37. The molecule has 4 heteroatoms. The Hall–Kier alpha value is -1.55. The zero-order valence-corrected chi connectivity index (χ0v) is 15.1. The number of hydrogen-bond acceptors (Lipinski definition) is 4. The molecule has 24 heavy (non-hydrogen) atoms. The molecule has 0 amide bonds. The molecule has 1 aromatic carbocycles. The fourth-order valence-corrected chi connectivity index (χ4v) is 2.99. The van der Waals surface area contributed by atoms with Crippen molar-refractivity contribution in [1.29, 1.82) is 0 Å². The van der Waals surface area contributed by atoms with E-state index in [1.165, 1.54) is 12.8 Å². The van der Waals surface area contributed by atoms with Gasteiger partial charge in [0.25, 0.3) is 0 Å².